The van der Waals surface area contributed by atoms with Crippen LogP contribution in [-0.4, -0.2) is 9.38 Å². The highest BCUT2D eigenvalue weighted by molar-refractivity contribution is 5.82. The van der Waals surface area contributed by atoms with Crippen molar-refractivity contribution in [3.63, 3.8) is 0 Å². The lowest BCUT2D eigenvalue weighted by atomic mass is 10.1. The van der Waals surface area contributed by atoms with Crippen molar-refractivity contribution in [1.82, 2.24) is 9.38 Å². The molecule has 2 aromatic heterocycles. The zero-order chi connectivity index (χ0) is 18.3. The summed E-state index contributed by atoms with van der Waals surface area (Å²) in [7, 11) is 0. The number of hydrogen-bond donors (Lipinski definition) is 1. The van der Waals surface area contributed by atoms with Gasteiger partial charge < -0.3 is 5.32 Å². The molecule has 0 aliphatic carbocycles. The molecule has 0 saturated heterocycles. The minimum Gasteiger partial charge on any atom is -0.361 e. The van der Waals surface area contributed by atoms with E-state index < -0.39 is 0 Å². The molecule has 4 rings (SSSR count). The molecule has 5 nitrogen and oxygen atoms in total. The van der Waals surface area contributed by atoms with Gasteiger partial charge in [-0.25, -0.2) is 4.98 Å². The van der Waals surface area contributed by atoms with Crippen LogP contribution in [0.2, 0.25) is 0 Å². The highest BCUT2D eigenvalue weighted by Gasteiger charge is 2.15. The number of imidazole rings is 1. The zero-order valence-electron chi connectivity index (χ0n) is 14.4. The van der Waals surface area contributed by atoms with Gasteiger partial charge in [-0.2, -0.15) is 5.26 Å². The van der Waals surface area contributed by atoms with Gasteiger partial charge in [0.05, 0.1) is 21.8 Å². The molecule has 26 heavy (non-hydrogen) atoms. The van der Waals surface area contributed by atoms with Crippen LogP contribution in [0, 0.1) is 25.2 Å². The Morgan fingerprint density at radius 3 is 2.58 bits per heavy atom. The number of para-hydroxylation sites is 2. The number of nitrogens with one attached hydrogen (secondary N) is 1. The molecule has 0 aliphatic heterocycles. The second-order valence-corrected chi connectivity index (χ2v) is 6.24. The molecule has 0 fully saturated rings. The van der Waals surface area contributed by atoms with Crippen LogP contribution >= 0.6 is 0 Å². The number of aromatic nitrogens is 2. The third-order valence-corrected chi connectivity index (χ3v) is 4.54. The number of fused-ring (bicyclic) bond motifs is 3. The summed E-state index contributed by atoms with van der Waals surface area (Å²) in [6.07, 6.45) is 1.66. The number of hydrogen-bond acceptors (Lipinski definition) is 4. The minimum atomic E-state index is -0.190. The first-order valence-corrected chi connectivity index (χ1v) is 8.27. The topological polar surface area (TPSA) is 70.2 Å². The average Bonchev–Trinajstić information content (AvgIpc) is 3.03. The Labute approximate surface area is 149 Å². The van der Waals surface area contributed by atoms with E-state index in [1.54, 1.807) is 13.1 Å². The van der Waals surface area contributed by atoms with E-state index in [-0.39, 0.29) is 5.56 Å². The molecule has 2 heterocycles. The Bertz CT molecular complexity index is 1290. The van der Waals surface area contributed by atoms with Crippen LogP contribution in [0.1, 0.15) is 16.7 Å². The molecular weight excluding hydrogens is 324 g/mol. The molecule has 2 aromatic carbocycles. The summed E-state index contributed by atoms with van der Waals surface area (Å²) in [6, 6.07) is 17.5. The van der Waals surface area contributed by atoms with Crippen molar-refractivity contribution in [3.05, 3.63) is 80.8 Å². The monoisotopic (exact) mass is 340 g/mol. The quantitative estimate of drug-likeness (QED) is 0.609. The molecule has 1 N–H and O–H groups in total. The van der Waals surface area contributed by atoms with Crippen LogP contribution in [0.25, 0.3) is 22.9 Å². The third kappa shape index (κ3) is 2.40. The largest absolute Gasteiger partial charge is 0.361 e. The summed E-state index contributed by atoms with van der Waals surface area (Å²) in [5.74, 6) is 0. The highest BCUT2D eigenvalue weighted by atomic mass is 16.1. The van der Waals surface area contributed by atoms with Crippen LogP contribution in [-0.2, 0) is 0 Å². The predicted octanol–water partition coefficient (Wildman–Crippen LogP) is 2.91. The Kier molecular flexibility index (Phi) is 3.67. The fourth-order valence-electron chi connectivity index (χ4n) is 3.09. The molecule has 0 spiro atoms. The molecule has 0 unspecified atom stereocenters. The number of anilines is 1. The molecule has 0 aliphatic rings. The van der Waals surface area contributed by atoms with Gasteiger partial charge in [0.15, 0.2) is 5.65 Å². The maximum Gasteiger partial charge on any atom is 0.265 e. The lowest BCUT2D eigenvalue weighted by Crippen LogP contribution is -2.34. The molecule has 126 valence electrons. The summed E-state index contributed by atoms with van der Waals surface area (Å²) < 4.78 is 1.52. The van der Waals surface area contributed by atoms with Crippen molar-refractivity contribution in [2.24, 2.45) is 0 Å². The van der Waals surface area contributed by atoms with E-state index in [9.17, 15) is 10.1 Å². The van der Waals surface area contributed by atoms with Gasteiger partial charge in [-0.05, 0) is 43.7 Å². The van der Waals surface area contributed by atoms with E-state index in [2.05, 4.69) is 16.4 Å². The molecule has 0 amide bonds. The first-order valence-electron chi connectivity index (χ1n) is 8.27. The Balaban J connectivity index is 2.01. The Hall–Kier alpha value is -3.65. The molecular formula is C21H16N4O. The molecule has 0 atom stereocenters. The van der Waals surface area contributed by atoms with Gasteiger partial charge >= 0.3 is 0 Å². The third-order valence-electron chi connectivity index (χ3n) is 4.54. The second-order valence-electron chi connectivity index (χ2n) is 6.24. The van der Waals surface area contributed by atoms with Gasteiger partial charge in [-0.3, -0.25) is 9.20 Å². The van der Waals surface area contributed by atoms with Crippen molar-refractivity contribution < 1.29 is 0 Å². The Morgan fingerprint density at radius 2 is 1.85 bits per heavy atom. The summed E-state index contributed by atoms with van der Waals surface area (Å²) in [4.78, 5) is 17.6. The summed E-state index contributed by atoms with van der Waals surface area (Å²) >= 11 is 0. The molecule has 4 aromatic rings. The van der Waals surface area contributed by atoms with E-state index >= 15 is 0 Å². The molecule has 0 radical (unpaired) electrons. The van der Waals surface area contributed by atoms with Gasteiger partial charge in [0.2, 0.25) is 0 Å². The van der Waals surface area contributed by atoms with Gasteiger partial charge in [-0.1, -0.05) is 29.8 Å². The standard InChI is InChI=1S/C21H16N4O/c1-13-7-9-15(10-8-13)23-12-17-14(2)16(11-22)20-24-18-5-3-4-6-19(18)25(20)21(17)26/h3-10,12,23H,1-2H3. The maximum absolute atomic E-state index is 13.1. The van der Waals surface area contributed by atoms with Crippen molar-refractivity contribution in [2.75, 3.05) is 5.32 Å². The van der Waals surface area contributed by atoms with Crippen LogP contribution in [0.15, 0.2) is 53.3 Å². The number of aryl methyl sites for hydroxylation is 1. The lowest BCUT2D eigenvalue weighted by Gasteiger charge is -2.04. The van der Waals surface area contributed by atoms with E-state index in [1.165, 1.54) is 4.40 Å². The normalized spacial score (nSPS) is 11.8. The first-order chi connectivity index (χ1) is 12.6. The minimum absolute atomic E-state index is 0.190. The van der Waals surface area contributed by atoms with Crippen LogP contribution in [0.5, 0.6) is 0 Å². The summed E-state index contributed by atoms with van der Waals surface area (Å²) in [6.45, 7) is 3.80. The first kappa shape index (κ1) is 15.9. The molecule has 0 saturated carbocycles. The van der Waals surface area contributed by atoms with Crippen molar-refractivity contribution in [1.29, 1.82) is 5.26 Å². The Morgan fingerprint density at radius 1 is 1.12 bits per heavy atom. The van der Waals surface area contributed by atoms with Crippen LogP contribution < -0.4 is 16.1 Å². The van der Waals surface area contributed by atoms with Gasteiger partial charge in [-0.15, -0.1) is 0 Å². The van der Waals surface area contributed by atoms with Crippen molar-refractivity contribution in [3.8, 4) is 6.07 Å². The summed E-state index contributed by atoms with van der Waals surface area (Å²) in [5.41, 5.74) is 4.70. The fourth-order valence-corrected chi connectivity index (χ4v) is 3.09. The van der Waals surface area contributed by atoms with E-state index in [0.29, 0.717) is 33.0 Å². The highest BCUT2D eigenvalue weighted by Crippen LogP contribution is 2.17. The van der Waals surface area contributed by atoms with Crippen molar-refractivity contribution >= 4 is 28.6 Å². The number of pyridine rings is 1. The number of benzene rings is 2. The van der Waals surface area contributed by atoms with Gasteiger partial charge in [0, 0.05) is 11.9 Å². The average molecular weight is 340 g/mol. The smallest absolute Gasteiger partial charge is 0.265 e. The number of nitriles is 1. The maximum atomic E-state index is 13.1. The van der Waals surface area contributed by atoms with Crippen LogP contribution in [0.3, 0.4) is 0 Å². The van der Waals surface area contributed by atoms with Crippen LogP contribution in [0.4, 0.5) is 5.69 Å². The van der Waals surface area contributed by atoms with E-state index in [1.807, 2.05) is 55.5 Å². The van der Waals surface area contributed by atoms with Gasteiger partial charge in [0.25, 0.3) is 5.56 Å². The SMILES string of the molecule is Cc1ccc(NC=c2c(C)c(C#N)c3nc4ccccc4n3c2=O)cc1. The lowest BCUT2D eigenvalue weighted by molar-refractivity contribution is 1.10. The molecule has 0 bridgehead atoms. The predicted molar refractivity (Wildman–Crippen MR) is 103 cm³/mol. The molecule has 5 heteroatoms. The fraction of sp³-hybridized carbons (Fsp3) is 0.0952. The number of nitrogens with zero attached hydrogens (tertiary/aromatic N) is 3. The van der Waals surface area contributed by atoms with E-state index in [4.69, 9.17) is 0 Å². The number of rotatable bonds is 2. The van der Waals surface area contributed by atoms with E-state index in [0.717, 1.165) is 11.3 Å². The summed E-state index contributed by atoms with van der Waals surface area (Å²) in [5, 5.41) is 13.2. The van der Waals surface area contributed by atoms with Gasteiger partial charge in [0.1, 0.15) is 6.07 Å². The second kappa shape index (κ2) is 6.01. The zero-order valence-corrected chi connectivity index (χ0v) is 14.4. The van der Waals surface area contributed by atoms with Crippen molar-refractivity contribution in [2.45, 2.75) is 13.8 Å².